The van der Waals surface area contributed by atoms with Crippen LogP contribution in [0.5, 0.6) is 0 Å². The fourth-order valence-corrected chi connectivity index (χ4v) is 1.13. The molecule has 0 spiro atoms. The van der Waals surface area contributed by atoms with Gasteiger partial charge in [0, 0.05) is 5.92 Å². The highest BCUT2D eigenvalue weighted by Crippen LogP contribution is 2.23. The largest absolute Gasteiger partial charge is 0.448 e. The van der Waals surface area contributed by atoms with E-state index in [0.717, 1.165) is 11.5 Å². The van der Waals surface area contributed by atoms with Crippen molar-refractivity contribution in [2.75, 3.05) is 0 Å². The summed E-state index contributed by atoms with van der Waals surface area (Å²) in [7, 11) is 0. The SMILES string of the molecule is C.CC.CC(C)c1ncoc1C(C)C. The number of nitrogens with zero attached hydrogens (tertiary/aromatic N) is 1. The molecule has 0 bridgehead atoms. The van der Waals surface area contributed by atoms with E-state index in [1.165, 1.54) is 6.39 Å². The normalized spacial score (nSPS) is 9.43. The van der Waals surface area contributed by atoms with Crippen LogP contribution in [0.25, 0.3) is 0 Å². The van der Waals surface area contributed by atoms with Gasteiger partial charge in [-0.15, -0.1) is 0 Å². The second kappa shape index (κ2) is 7.60. The number of hydrogen-bond acceptors (Lipinski definition) is 2. The van der Waals surface area contributed by atoms with Crippen molar-refractivity contribution in [2.45, 2.75) is 60.8 Å². The van der Waals surface area contributed by atoms with Gasteiger partial charge < -0.3 is 4.42 Å². The van der Waals surface area contributed by atoms with Crippen LogP contribution in [-0.2, 0) is 0 Å². The van der Waals surface area contributed by atoms with Crippen LogP contribution in [0, 0.1) is 0 Å². The molecule has 0 saturated carbocycles. The predicted molar refractivity (Wildman–Crippen MR) is 62.8 cm³/mol. The Kier molecular flexibility index (Phi) is 8.51. The topological polar surface area (TPSA) is 26.0 Å². The predicted octanol–water partition coefficient (Wildman–Crippen LogP) is 4.58. The van der Waals surface area contributed by atoms with Crippen LogP contribution < -0.4 is 0 Å². The number of aromatic nitrogens is 1. The highest BCUT2D eigenvalue weighted by atomic mass is 16.3. The highest BCUT2D eigenvalue weighted by molar-refractivity contribution is 5.14. The molecule has 2 heteroatoms. The summed E-state index contributed by atoms with van der Waals surface area (Å²) in [5.74, 6) is 1.93. The molecule has 1 heterocycles. The van der Waals surface area contributed by atoms with Gasteiger partial charge in [-0.3, -0.25) is 0 Å². The Balaban J connectivity index is 0. The number of hydrogen-bond donors (Lipinski definition) is 0. The molecule has 1 rings (SSSR count). The zero-order chi connectivity index (χ0) is 10.4. The fraction of sp³-hybridized carbons (Fsp3) is 0.750. The molecule has 14 heavy (non-hydrogen) atoms. The molecule has 0 aromatic carbocycles. The molecule has 0 radical (unpaired) electrons. The lowest BCUT2D eigenvalue weighted by Crippen LogP contribution is -1.95. The van der Waals surface area contributed by atoms with E-state index in [-0.39, 0.29) is 7.43 Å². The molecule has 0 atom stereocenters. The molecule has 0 aliphatic heterocycles. The van der Waals surface area contributed by atoms with E-state index in [4.69, 9.17) is 4.42 Å². The van der Waals surface area contributed by atoms with Crippen molar-refractivity contribution in [1.82, 2.24) is 4.98 Å². The lowest BCUT2D eigenvalue weighted by molar-refractivity contribution is 0.476. The molecule has 1 aromatic rings. The molecule has 0 amide bonds. The standard InChI is InChI=1S/C9H15NO.C2H6.CH4/c1-6(2)8-9(7(3)4)11-5-10-8;1-2;/h5-7H,1-4H3;1-2H3;1H4. The van der Waals surface area contributed by atoms with E-state index >= 15 is 0 Å². The molecule has 0 unspecified atom stereocenters. The minimum Gasteiger partial charge on any atom is -0.448 e. The lowest BCUT2D eigenvalue weighted by Gasteiger charge is -2.05. The van der Waals surface area contributed by atoms with Crippen LogP contribution in [0.1, 0.15) is 72.3 Å². The van der Waals surface area contributed by atoms with E-state index < -0.39 is 0 Å². The van der Waals surface area contributed by atoms with Gasteiger partial charge in [-0.1, -0.05) is 49.0 Å². The Morgan fingerprint density at radius 1 is 1.07 bits per heavy atom. The van der Waals surface area contributed by atoms with Gasteiger partial charge in [0.05, 0.1) is 5.69 Å². The number of rotatable bonds is 2. The van der Waals surface area contributed by atoms with Crippen molar-refractivity contribution < 1.29 is 4.42 Å². The van der Waals surface area contributed by atoms with E-state index in [0.29, 0.717) is 11.8 Å². The number of oxazole rings is 1. The second-order valence-electron chi connectivity index (χ2n) is 3.41. The third-order valence-electron chi connectivity index (χ3n) is 1.70. The van der Waals surface area contributed by atoms with Crippen LogP contribution in [0.4, 0.5) is 0 Å². The van der Waals surface area contributed by atoms with Gasteiger partial charge in [0.1, 0.15) is 5.76 Å². The van der Waals surface area contributed by atoms with E-state index in [2.05, 4.69) is 32.7 Å². The zero-order valence-electron chi connectivity index (χ0n) is 9.59. The molecule has 0 aliphatic rings. The highest BCUT2D eigenvalue weighted by Gasteiger charge is 2.13. The zero-order valence-corrected chi connectivity index (χ0v) is 9.59. The Labute approximate surface area is 88.7 Å². The van der Waals surface area contributed by atoms with Gasteiger partial charge in [0.15, 0.2) is 6.39 Å². The van der Waals surface area contributed by atoms with Crippen LogP contribution in [0.3, 0.4) is 0 Å². The summed E-state index contributed by atoms with van der Waals surface area (Å²) in [6.45, 7) is 12.5. The van der Waals surface area contributed by atoms with Crippen LogP contribution in [-0.4, -0.2) is 4.98 Å². The maximum absolute atomic E-state index is 5.28. The van der Waals surface area contributed by atoms with Gasteiger partial charge in [-0.25, -0.2) is 4.98 Å². The minimum absolute atomic E-state index is 0. The molecule has 0 saturated heterocycles. The van der Waals surface area contributed by atoms with Crippen molar-refractivity contribution >= 4 is 0 Å². The molecule has 0 N–H and O–H groups in total. The van der Waals surface area contributed by atoms with Crippen molar-refractivity contribution in [3.63, 3.8) is 0 Å². The Hall–Kier alpha value is -0.790. The summed E-state index contributed by atoms with van der Waals surface area (Å²) in [4.78, 5) is 4.17. The van der Waals surface area contributed by atoms with Gasteiger partial charge in [0.2, 0.25) is 0 Å². The molecular weight excluding hydrogens is 174 g/mol. The van der Waals surface area contributed by atoms with Gasteiger partial charge >= 0.3 is 0 Å². The van der Waals surface area contributed by atoms with E-state index in [1.807, 2.05) is 13.8 Å². The summed E-state index contributed by atoms with van der Waals surface area (Å²) >= 11 is 0. The third kappa shape index (κ3) is 3.95. The van der Waals surface area contributed by atoms with Crippen molar-refractivity contribution in [1.29, 1.82) is 0 Å². The van der Waals surface area contributed by atoms with E-state index in [1.54, 1.807) is 0 Å². The molecule has 0 aliphatic carbocycles. The van der Waals surface area contributed by atoms with Gasteiger partial charge in [0.25, 0.3) is 0 Å². The maximum Gasteiger partial charge on any atom is 0.181 e. The average molecular weight is 199 g/mol. The minimum atomic E-state index is 0. The van der Waals surface area contributed by atoms with E-state index in [9.17, 15) is 0 Å². The van der Waals surface area contributed by atoms with Crippen molar-refractivity contribution in [3.8, 4) is 0 Å². The summed E-state index contributed by atoms with van der Waals surface area (Å²) < 4.78 is 5.28. The average Bonchev–Trinajstić information content (AvgIpc) is 2.55. The Morgan fingerprint density at radius 2 is 1.57 bits per heavy atom. The smallest absolute Gasteiger partial charge is 0.181 e. The first-order chi connectivity index (χ1) is 6.13. The summed E-state index contributed by atoms with van der Waals surface area (Å²) in [5, 5.41) is 0. The molecule has 84 valence electrons. The Bertz CT molecular complexity index is 203. The van der Waals surface area contributed by atoms with Crippen LogP contribution in [0.15, 0.2) is 10.8 Å². The summed E-state index contributed by atoms with van der Waals surface area (Å²) in [6.07, 6.45) is 1.53. The summed E-state index contributed by atoms with van der Waals surface area (Å²) in [5.41, 5.74) is 1.10. The monoisotopic (exact) mass is 199 g/mol. The maximum atomic E-state index is 5.28. The first-order valence-corrected chi connectivity index (χ1v) is 5.06. The molecule has 0 fully saturated rings. The first-order valence-electron chi connectivity index (χ1n) is 5.06. The van der Waals surface area contributed by atoms with Crippen molar-refractivity contribution in [3.05, 3.63) is 17.8 Å². The Morgan fingerprint density at radius 3 is 1.86 bits per heavy atom. The quantitative estimate of drug-likeness (QED) is 0.696. The molecule has 1 aromatic heterocycles. The van der Waals surface area contributed by atoms with Crippen LogP contribution >= 0.6 is 0 Å². The fourth-order valence-electron chi connectivity index (χ4n) is 1.13. The first kappa shape index (κ1) is 15.7. The van der Waals surface area contributed by atoms with Gasteiger partial charge in [-0.05, 0) is 5.92 Å². The molecule has 2 nitrogen and oxygen atoms in total. The molecular formula is C12H25NO. The van der Waals surface area contributed by atoms with Crippen molar-refractivity contribution in [2.24, 2.45) is 0 Å². The van der Waals surface area contributed by atoms with Gasteiger partial charge in [-0.2, -0.15) is 0 Å². The van der Waals surface area contributed by atoms with Crippen LogP contribution in [0.2, 0.25) is 0 Å². The summed E-state index contributed by atoms with van der Waals surface area (Å²) in [6, 6.07) is 0. The lowest BCUT2D eigenvalue weighted by atomic mass is 10.0. The second-order valence-corrected chi connectivity index (χ2v) is 3.41. The third-order valence-corrected chi connectivity index (χ3v) is 1.70.